The van der Waals surface area contributed by atoms with Crippen LogP contribution in [0.2, 0.25) is 0 Å². The van der Waals surface area contributed by atoms with Crippen LogP contribution in [0.15, 0.2) is 36.7 Å². The van der Waals surface area contributed by atoms with E-state index in [1.165, 1.54) is 5.56 Å². The molecule has 1 fully saturated rings. The second-order valence-electron chi connectivity index (χ2n) is 5.00. The van der Waals surface area contributed by atoms with Gasteiger partial charge in [-0.05, 0) is 18.9 Å². The van der Waals surface area contributed by atoms with Crippen LogP contribution < -0.4 is 10.6 Å². The van der Waals surface area contributed by atoms with Gasteiger partial charge in [0.25, 0.3) is 0 Å². The first-order valence-corrected chi connectivity index (χ1v) is 6.26. The lowest BCUT2D eigenvalue weighted by atomic mass is 9.79. The van der Waals surface area contributed by atoms with Gasteiger partial charge in [0.05, 0.1) is 11.4 Å². The highest BCUT2D eigenvalue weighted by molar-refractivity contribution is 5.61. The van der Waals surface area contributed by atoms with E-state index in [9.17, 15) is 4.79 Å². The molecule has 0 atom stereocenters. The van der Waals surface area contributed by atoms with Crippen molar-refractivity contribution >= 4 is 12.1 Å². The number of rotatable bonds is 1. The van der Waals surface area contributed by atoms with Crippen LogP contribution >= 0.6 is 0 Å². The Kier molecular flexibility index (Phi) is 2.51. The zero-order valence-corrected chi connectivity index (χ0v) is 10.3. The van der Waals surface area contributed by atoms with Gasteiger partial charge >= 0.3 is 0 Å². The Hall–Kier alpha value is -1.97. The van der Waals surface area contributed by atoms with Crippen molar-refractivity contribution in [3.05, 3.63) is 42.2 Å². The number of nitrogens with one attached hydrogen (secondary N) is 2. The summed E-state index contributed by atoms with van der Waals surface area (Å²) in [4.78, 5) is 12.7. The molecule has 0 aliphatic carbocycles. The van der Waals surface area contributed by atoms with Crippen LogP contribution in [0.25, 0.3) is 0 Å². The van der Waals surface area contributed by atoms with E-state index < -0.39 is 0 Å². The van der Waals surface area contributed by atoms with Crippen molar-refractivity contribution in [2.45, 2.75) is 18.4 Å². The molecule has 0 saturated carbocycles. The van der Waals surface area contributed by atoms with Gasteiger partial charge in [0.15, 0.2) is 0 Å². The van der Waals surface area contributed by atoms with Crippen LogP contribution in [-0.4, -0.2) is 24.4 Å². The third kappa shape index (κ3) is 1.65. The number of fused-ring (bicyclic) bond motifs is 2. The van der Waals surface area contributed by atoms with Gasteiger partial charge in [-0.25, -0.2) is 0 Å². The van der Waals surface area contributed by atoms with Gasteiger partial charge in [-0.2, -0.15) is 0 Å². The number of hydrogen-bond donors (Lipinski definition) is 2. The van der Waals surface area contributed by atoms with Gasteiger partial charge in [-0.15, -0.1) is 0 Å². The van der Waals surface area contributed by atoms with Crippen LogP contribution in [-0.2, 0) is 10.3 Å². The minimum Gasteiger partial charge on any atom is -0.362 e. The molecule has 1 aromatic carbocycles. The van der Waals surface area contributed by atoms with E-state index in [1.54, 1.807) is 0 Å². The molecule has 2 aliphatic rings. The molecular formula is C14H17N3O. The zero-order chi connectivity index (χ0) is 12.6. The fraction of sp³-hybridized carbons (Fsp3) is 0.357. The number of nitrogens with zero attached hydrogens (tertiary/aromatic N) is 1. The third-order valence-electron chi connectivity index (χ3n) is 3.92. The molecule has 1 amide bonds. The Labute approximate surface area is 107 Å². The molecule has 18 heavy (non-hydrogen) atoms. The van der Waals surface area contributed by atoms with E-state index in [1.807, 2.05) is 11.0 Å². The van der Waals surface area contributed by atoms with Gasteiger partial charge < -0.3 is 15.5 Å². The van der Waals surface area contributed by atoms with Gasteiger partial charge in [0.1, 0.15) is 0 Å². The van der Waals surface area contributed by atoms with Crippen molar-refractivity contribution in [3.8, 4) is 0 Å². The summed E-state index contributed by atoms with van der Waals surface area (Å²) in [6.07, 6.45) is 2.78. The molecule has 1 saturated heterocycles. The normalized spacial score (nSPS) is 20.9. The summed E-state index contributed by atoms with van der Waals surface area (Å²) in [5.74, 6) is 0.841. The maximum absolute atomic E-state index is 10.8. The Bertz CT molecular complexity index is 490. The number of carbonyl (C=O) groups excluding carboxylic acids is 1. The number of hydrogen-bond acceptors (Lipinski definition) is 3. The largest absolute Gasteiger partial charge is 0.362 e. The molecule has 2 heterocycles. The maximum atomic E-state index is 10.8. The number of anilines is 1. The predicted molar refractivity (Wildman–Crippen MR) is 70.9 cm³/mol. The Balaban J connectivity index is 1.97. The van der Waals surface area contributed by atoms with E-state index in [2.05, 4.69) is 35.4 Å². The zero-order valence-electron chi connectivity index (χ0n) is 10.3. The fourth-order valence-corrected chi connectivity index (χ4v) is 2.96. The molecule has 94 valence electrons. The molecule has 0 unspecified atom stereocenters. The predicted octanol–water partition coefficient (Wildman–Crippen LogP) is 1.62. The van der Waals surface area contributed by atoms with E-state index in [0.29, 0.717) is 0 Å². The summed E-state index contributed by atoms with van der Waals surface area (Å²) in [7, 11) is 0. The minimum absolute atomic E-state index is 0.0710. The smallest absolute Gasteiger partial charge is 0.209 e. The number of benzene rings is 1. The quantitative estimate of drug-likeness (QED) is 0.737. The molecule has 1 spiro atoms. The van der Waals surface area contributed by atoms with Crippen molar-refractivity contribution in [3.63, 3.8) is 0 Å². The maximum Gasteiger partial charge on any atom is 0.209 e. The summed E-state index contributed by atoms with van der Waals surface area (Å²) >= 11 is 0. The lowest BCUT2D eigenvalue weighted by molar-refractivity contribution is -0.119. The van der Waals surface area contributed by atoms with Crippen molar-refractivity contribution in [2.75, 3.05) is 18.4 Å². The highest BCUT2D eigenvalue weighted by Crippen LogP contribution is 2.40. The van der Waals surface area contributed by atoms with E-state index in [-0.39, 0.29) is 5.54 Å². The second-order valence-corrected chi connectivity index (χ2v) is 5.00. The van der Waals surface area contributed by atoms with Gasteiger partial charge in [0, 0.05) is 24.3 Å². The molecule has 0 radical (unpaired) electrons. The molecule has 3 rings (SSSR count). The topological polar surface area (TPSA) is 44.4 Å². The van der Waals surface area contributed by atoms with Crippen molar-refractivity contribution < 1.29 is 4.79 Å². The summed E-state index contributed by atoms with van der Waals surface area (Å²) in [5, 5.41) is 6.75. The minimum atomic E-state index is -0.0710. The number of piperidine rings is 1. The summed E-state index contributed by atoms with van der Waals surface area (Å²) in [6.45, 7) is 5.58. The van der Waals surface area contributed by atoms with Gasteiger partial charge in [0.2, 0.25) is 6.41 Å². The fourth-order valence-electron chi connectivity index (χ4n) is 2.96. The Morgan fingerprint density at radius 3 is 2.72 bits per heavy atom. The third-order valence-corrected chi connectivity index (χ3v) is 3.92. The van der Waals surface area contributed by atoms with Crippen LogP contribution in [0.3, 0.4) is 0 Å². The number of carbonyl (C=O) groups is 1. The van der Waals surface area contributed by atoms with Crippen LogP contribution in [0.5, 0.6) is 0 Å². The molecule has 2 N–H and O–H groups in total. The summed E-state index contributed by atoms with van der Waals surface area (Å²) in [6, 6.07) is 8.32. The first kappa shape index (κ1) is 11.1. The van der Waals surface area contributed by atoms with Crippen LogP contribution in [0, 0.1) is 0 Å². The summed E-state index contributed by atoms with van der Waals surface area (Å²) < 4.78 is 0. The van der Waals surface area contributed by atoms with E-state index in [4.69, 9.17) is 0 Å². The lowest BCUT2D eigenvalue weighted by Gasteiger charge is -2.46. The van der Waals surface area contributed by atoms with Crippen molar-refractivity contribution in [2.24, 2.45) is 0 Å². The first-order valence-electron chi connectivity index (χ1n) is 6.26. The van der Waals surface area contributed by atoms with Crippen LogP contribution in [0.1, 0.15) is 18.4 Å². The van der Waals surface area contributed by atoms with Crippen LogP contribution in [0.4, 0.5) is 5.69 Å². The van der Waals surface area contributed by atoms with Gasteiger partial charge in [-0.3, -0.25) is 4.79 Å². The monoisotopic (exact) mass is 243 g/mol. The summed E-state index contributed by atoms with van der Waals surface area (Å²) in [5.41, 5.74) is 2.34. The molecular weight excluding hydrogens is 226 g/mol. The van der Waals surface area contributed by atoms with Gasteiger partial charge in [-0.1, -0.05) is 24.8 Å². The Morgan fingerprint density at radius 1 is 1.28 bits per heavy atom. The molecule has 0 bridgehead atoms. The second kappa shape index (κ2) is 4.05. The SMILES string of the molecule is C=C1Nc2ccccc2C2(CCN(C=O)CC2)N1. The number of para-hydroxylation sites is 1. The lowest BCUT2D eigenvalue weighted by Crippen LogP contribution is -2.53. The van der Waals surface area contributed by atoms with Crippen molar-refractivity contribution in [1.82, 2.24) is 10.2 Å². The Morgan fingerprint density at radius 2 is 2.00 bits per heavy atom. The first-order chi connectivity index (χ1) is 8.73. The molecule has 4 nitrogen and oxygen atoms in total. The molecule has 0 aromatic heterocycles. The van der Waals surface area contributed by atoms with E-state index >= 15 is 0 Å². The average molecular weight is 243 g/mol. The molecule has 1 aromatic rings. The van der Waals surface area contributed by atoms with E-state index in [0.717, 1.165) is 43.8 Å². The number of amides is 1. The average Bonchev–Trinajstić information content (AvgIpc) is 2.39. The molecule has 4 heteroatoms. The highest BCUT2D eigenvalue weighted by atomic mass is 16.1. The number of likely N-dealkylation sites (tertiary alicyclic amines) is 1. The molecule has 2 aliphatic heterocycles. The standard InChI is InChI=1S/C14H17N3O/c1-11-15-13-5-3-2-4-12(13)14(16-11)6-8-17(10-18)9-7-14/h2-5,10,15-16H,1,6-9H2. The van der Waals surface area contributed by atoms with Crippen molar-refractivity contribution in [1.29, 1.82) is 0 Å². The highest BCUT2D eigenvalue weighted by Gasteiger charge is 2.40.